The Morgan fingerprint density at radius 3 is 2.61 bits per heavy atom. The van der Waals surface area contributed by atoms with Crippen LogP contribution in [0.25, 0.3) is 11.1 Å². The molecular formula is C21H25N5O2. The second-order valence-electron chi connectivity index (χ2n) is 6.73. The number of aryl methyl sites for hydroxylation is 2. The van der Waals surface area contributed by atoms with Crippen molar-refractivity contribution in [3.63, 3.8) is 0 Å². The SMILES string of the molecule is COCCn1cnnc1[C@H](C)NC(=O)c1ccc(-c2ccc(C)nc2C)cc1. The fourth-order valence-corrected chi connectivity index (χ4v) is 3.10. The highest BCUT2D eigenvalue weighted by atomic mass is 16.5. The number of amides is 1. The van der Waals surface area contributed by atoms with Gasteiger partial charge in [0.15, 0.2) is 5.82 Å². The van der Waals surface area contributed by atoms with Gasteiger partial charge in [0.1, 0.15) is 6.33 Å². The van der Waals surface area contributed by atoms with Crippen LogP contribution in [0.2, 0.25) is 0 Å². The predicted molar refractivity (Wildman–Crippen MR) is 107 cm³/mol. The summed E-state index contributed by atoms with van der Waals surface area (Å²) in [6, 6.07) is 11.3. The number of pyridine rings is 1. The van der Waals surface area contributed by atoms with Crippen molar-refractivity contribution in [3.05, 3.63) is 65.5 Å². The number of ether oxygens (including phenoxy) is 1. The van der Waals surface area contributed by atoms with E-state index in [0.29, 0.717) is 24.5 Å². The molecule has 1 aromatic carbocycles. The van der Waals surface area contributed by atoms with E-state index in [4.69, 9.17) is 4.74 Å². The minimum absolute atomic E-state index is 0.154. The monoisotopic (exact) mass is 379 g/mol. The maximum absolute atomic E-state index is 12.6. The fraction of sp³-hybridized carbons (Fsp3) is 0.333. The van der Waals surface area contributed by atoms with Crippen LogP contribution in [0, 0.1) is 13.8 Å². The molecule has 0 radical (unpaired) electrons. The lowest BCUT2D eigenvalue weighted by Gasteiger charge is -2.15. The molecule has 146 valence electrons. The van der Waals surface area contributed by atoms with E-state index >= 15 is 0 Å². The first-order valence-electron chi connectivity index (χ1n) is 9.21. The first kappa shape index (κ1) is 19.7. The van der Waals surface area contributed by atoms with Gasteiger partial charge in [-0.25, -0.2) is 0 Å². The molecule has 0 aliphatic rings. The number of hydrogen-bond donors (Lipinski definition) is 1. The lowest BCUT2D eigenvalue weighted by molar-refractivity contribution is 0.0937. The van der Waals surface area contributed by atoms with Crippen LogP contribution in [0.4, 0.5) is 0 Å². The summed E-state index contributed by atoms with van der Waals surface area (Å²) in [6.07, 6.45) is 1.64. The lowest BCUT2D eigenvalue weighted by Crippen LogP contribution is -2.29. The Bertz CT molecular complexity index is 950. The third-order valence-electron chi connectivity index (χ3n) is 4.60. The molecule has 0 fully saturated rings. The van der Waals surface area contributed by atoms with Crippen molar-refractivity contribution in [1.82, 2.24) is 25.1 Å². The molecule has 0 spiro atoms. The molecule has 0 saturated carbocycles. The summed E-state index contributed by atoms with van der Waals surface area (Å²) in [4.78, 5) is 17.1. The van der Waals surface area contributed by atoms with E-state index in [1.165, 1.54) is 0 Å². The zero-order valence-corrected chi connectivity index (χ0v) is 16.6. The van der Waals surface area contributed by atoms with Crippen molar-refractivity contribution in [2.45, 2.75) is 33.4 Å². The van der Waals surface area contributed by atoms with E-state index in [2.05, 4.69) is 26.6 Å². The molecule has 3 aromatic rings. The zero-order valence-electron chi connectivity index (χ0n) is 16.6. The summed E-state index contributed by atoms with van der Waals surface area (Å²) < 4.78 is 6.97. The minimum atomic E-state index is -0.268. The highest BCUT2D eigenvalue weighted by Crippen LogP contribution is 2.23. The largest absolute Gasteiger partial charge is 0.383 e. The average molecular weight is 379 g/mol. The van der Waals surface area contributed by atoms with E-state index in [1.807, 2.05) is 55.7 Å². The Hall–Kier alpha value is -3.06. The molecule has 0 aliphatic heterocycles. The molecule has 2 aromatic heterocycles. The Balaban J connectivity index is 1.70. The number of methoxy groups -OCH3 is 1. The number of carbonyl (C=O) groups is 1. The van der Waals surface area contributed by atoms with Crippen molar-refractivity contribution in [2.24, 2.45) is 0 Å². The lowest BCUT2D eigenvalue weighted by atomic mass is 10.0. The quantitative estimate of drug-likeness (QED) is 0.682. The second kappa shape index (κ2) is 8.75. The summed E-state index contributed by atoms with van der Waals surface area (Å²) in [5, 5.41) is 11.0. The molecular weight excluding hydrogens is 354 g/mol. The zero-order chi connectivity index (χ0) is 20.1. The number of nitrogens with one attached hydrogen (secondary N) is 1. The Kier molecular flexibility index (Phi) is 6.16. The summed E-state index contributed by atoms with van der Waals surface area (Å²) in [5.74, 6) is 0.544. The van der Waals surface area contributed by atoms with Gasteiger partial charge in [0.25, 0.3) is 5.91 Å². The highest BCUT2D eigenvalue weighted by Gasteiger charge is 2.17. The topological polar surface area (TPSA) is 81.9 Å². The molecule has 0 saturated heterocycles. The van der Waals surface area contributed by atoms with Gasteiger partial charge in [0, 0.05) is 36.2 Å². The van der Waals surface area contributed by atoms with Gasteiger partial charge in [-0.2, -0.15) is 0 Å². The molecule has 3 rings (SSSR count). The van der Waals surface area contributed by atoms with E-state index in [9.17, 15) is 4.79 Å². The summed E-state index contributed by atoms with van der Waals surface area (Å²) in [7, 11) is 1.65. The number of aromatic nitrogens is 4. The van der Waals surface area contributed by atoms with E-state index < -0.39 is 0 Å². The second-order valence-corrected chi connectivity index (χ2v) is 6.73. The van der Waals surface area contributed by atoms with Gasteiger partial charge in [-0.15, -0.1) is 10.2 Å². The van der Waals surface area contributed by atoms with Crippen LogP contribution < -0.4 is 5.32 Å². The fourth-order valence-electron chi connectivity index (χ4n) is 3.10. The van der Waals surface area contributed by atoms with Crippen LogP contribution in [0.1, 0.15) is 40.5 Å². The normalized spacial score (nSPS) is 12.0. The number of hydrogen-bond acceptors (Lipinski definition) is 5. The maximum atomic E-state index is 12.6. The van der Waals surface area contributed by atoms with Gasteiger partial charge in [0.05, 0.1) is 12.6 Å². The number of carbonyl (C=O) groups excluding carboxylic acids is 1. The third kappa shape index (κ3) is 4.43. The van der Waals surface area contributed by atoms with Gasteiger partial charge in [-0.05, 0) is 44.5 Å². The highest BCUT2D eigenvalue weighted by molar-refractivity contribution is 5.94. The molecule has 2 heterocycles. The van der Waals surface area contributed by atoms with Gasteiger partial charge >= 0.3 is 0 Å². The average Bonchev–Trinajstić information content (AvgIpc) is 3.15. The van der Waals surface area contributed by atoms with Crippen molar-refractivity contribution in [3.8, 4) is 11.1 Å². The molecule has 7 nitrogen and oxygen atoms in total. The number of rotatable bonds is 7. The molecule has 0 aliphatic carbocycles. The first-order valence-corrected chi connectivity index (χ1v) is 9.21. The van der Waals surface area contributed by atoms with E-state index in [-0.39, 0.29) is 11.9 Å². The molecule has 0 bridgehead atoms. The van der Waals surface area contributed by atoms with Gasteiger partial charge in [-0.1, -0.05) is 18.2 Å². The van der Waals surface area contributed by atoms with Gasteiger partial charge in [-0.3, -0.25) is 9.78 Å². The smallest absolute Gasteiger partial charge is 0.251 e. The van der Waals surface area contributed by atoms with Crippen LogP contribution >= 0.6 is 0 Å². The van der Waals surface area contributed by atoms with Crippen LogP contribution in [0.5, 0.6) is 0 Å². The molecule has 0 unspecified atom stereocenters. The summed E-state index contributed by atoms with van der Waals surface area (Å²) in [6.45, 7) is 7.05. The Labute approximate surface area is 164 Å². The number of benzene rings is 1. The standard InChI is InChI=1S/C21H25N5O2/c1-14-5-10-19(15(2)23-14)17-6-8-18(9-7-17)21(27)24-16(3)20-25-22-13-26(20)11-12-28-4/h5-10,13,16H,11-12H2,1-4H3,(H,24,27)/t16-/m0/s1. The Morgan fingerprint density at radius 2 is 1.93 bits per heavy atom. The maximum Gasteiger partial charge on any atom is 0.251 e. The molecule has 1 amide bonds. The Morgan fingerprint density at radius 1 is 1.18 bits per heavy atom. The van der Waals surface area contributed by atoms with Crippen LogP contribution in [0.15, 0.2) is 42.7 Å². The van der Waals surface area contributed by atoms with Crippen molar-refractivity contribution >= 4 is 5.91 Å². The van der Waals surface area contributed by atoms with E-state index in [0.717, 1.165) is 22.5 Å². The predicted octanol–water partition coefficient (Wildman–Crippen LogP) is 3.09. The van der Waals surface area contributed by atoms with Crippen molar-refractivity contribution in [1.29, 1.82) is 0 Å². The van der Waals surface area contributed by atoms with Crippen LogP contribution in [-0.4, -0.2) is 39.4 Å². The third-order valence-corrected chi connectivity index (χ3v) is 4.60. The van der Waals surface area contributed by atoms with Crippen LogP contribution in [0.3, 0.4) is 0 Å². The first-order chi connectivity index (χ1) is 13.5. The van der Waals surface area contributed by atoms with E-state index in [1.54, 1.807) is 13.4 Å². The number of nitrogens with zero attached hydrogens (tertiary/aromatic N) is 4. The van der Waals surface area contributed by atoms with Gasteiger partial charge < -0.3 is 14.6 Å². The molecule has 7 heteroatoms. The molecule has 28 heavy (non-hydrogen) atoms. The minimum Gasteiger partial charge on any atom is -0.383 e. The molecule has 1 atom stereocenters. The van der Waals surface area contributed by atoms with Crippen LogP contribution in [-0.2, 0) is 11.3 Å². The summed E-state index contributed by atoms with van der Waals surface area (Å²) >= 11 is 0. The van der Waals surface area contributed by atoms with Gasteiger partial charge in [0.2, 0.25) is 0 Å². The molecule has 1 N–H and O–H groups in total. The summed E-state index contributed by atoms with van der Waals surface area (Å²) in [5.41, 5.74) is 4.66. The van der Waals surface area contributed by atoms with Crippen molar-refractivity contribution in [2.75, 3.05) is 13.7 Å². The van der Waals surface area contributed by atoms with Crippen molar-refractivity contribution < 1.29 is 9.53 Å².